The fourth-order valence-corrected chi connectivity index (χ4v) is 3.06. The van der Waals surface area contributed by atoms with Crippen LogP contribution in [-0.4, -0.2) is 19.7 Å². The fourth-order valence-electron chi connectivity index (χ4n) is 2.36. The minimum atomic E-state index is -0.337. The Morgan fingerprint density at radius 1 is 1.15 bits per heavy atom. The highest BCUT2D eigenvalue weighted by Gasteiger charge is 2.13. The van der Waals surface area contributed by atoms with Crippen LogP contribution in [0.25, 0.3) is 6.08 Å². The molecule has 5 heteroatoms. The van der Waals surface area contributed by atoms with E-state index in [1.165, 1.54) is 6.08 Å². The van der Waals surface area contributed by atoms with Gasteiger partial charge >= 0.3 is 5.97 Å². The second-order valence-corrected chi connectivity index (χ2v) is 6.65. The second-order valence-electron chi connectivity index (χ2n) is 5.86. The van der Waals surface area contributed by atoms with Gasteiger partial charge < -0.3 is 9.47 Å². The molecule has 0 amide bonds. The summed E-state index contributed by atoms with van der Waals surface area (Å²) in [5.74, 6) is 0.361. The number of hydrogen-bond acceptors (Lipinski definition) is 3. The topological polar surface area (TPSA) is 35.5 Å². The highest BCUT2D eigenvalue weighted by Crippen LogP contribution is 2.36. The summed E-state index contributed by atoms with van der Waals surface area (Å²) in [6.07, 6.45) is 11.7. The molecule has 3 nitrogen and oxygen atoms in total. The quantitative estimate of drug-likeness (QED) is 0.276. The summed E-state index contributed by atoms with van der Waals surface area (Å²) in [5, 5.41) is 1.15. The first-order chi connectivity index (χ1) is 12.8. The highest BCUT2D eigenvalue weighted by atomic mass is 35.5. The molecule has 0 bridgehead atoms. The van der Waals surface area contributed by atoms with Gasteiger partial charge in [0.15, 0.2) is 0 Å². The zero-order valence-electron chi connectivity index (χ0n) is 16.4. The van der Waals surface area contributed by atoms with Crippen molar-refractivity contribution in [3.8, 4) is 5.75 Å². The Balaban J connectivity index is 2.95. The van der Waals surface area contributed by atoms with Crippen molar-refractivity contribution < 1.29 is 14.3 Å². The predicted molar refractivity (Wildman–Crippen MR) is 115 cm³/mol. The normalized spacial score (nSPS) is 12.9. The molecule has 27 heavy (non-hydrogen) atoms. The Labute approximate surface area is 172 Å². The summed E-state index contributed by atoms with van der Waals surface area (Å²) in [5.41, 5.74) is 3.53. The van der Waals surface area contributed by atoms with Crippen LogP contribution in [0.3, 0.4) is 0 Å². The maximum atomic E-state index is 11.4. The predicted octanol–water partition coefficient (Wildman–Crippen LogP) is 6.59. The smallest absolute Gasteiger partial charge is 0.330 e. The van der Waals surface area contributed by atoms with Crippen LogP contribution in [0.2, 0.25) is 10.0 Å². The number of hydrogen-bond donors (Lipinski definition) is 0. The van der Waals surface area contributed by atoms with E-state index >= 15 is 0 Å². The van der Waals surface area contributed by atoms with Gasteiger partial charge in [-0.05, 0) is 38.8 Å². The van der Waals surface area contributed by atoms with E-state index in [1.807, 2.05) is 51.2 Å². The molecule has 0 atom stereocenters. The number of halogens is 2. The van der Waals surface area contributed by atoms with E-state index in [0.717, 1.165) is 28.7 Å². The molecule has 0 radical (unpaired) electrons. The zero-order valence-corrected chi connectivity index (χ0v) is 17.9. The summed E-state index contributed by atoms with van der Waals surface area (Å²) in [6.45, 7) is 7.98. The van der Waals surface area contributed by atoms with Gasteiger partial charge in [-0.2, -0.15) is 0 Å². The lowest BCUT2D eigenvalue weighted by molar-refractivity contribution is -0.137. The molecule has 0 saturated carbocycles. The summed E-state index contributed by atoms with van der Waals surface area (Å²) in [7, 11) is 1.61. The number of carbonyl (C=O) groups is 1. The lowest BCUT2D eigenvalue weighted by Crippen LogP contribution is -1.99. The molecule has 0 saturated heterocycles. The maximum Gasteiger partial charge on any atom is 0.330 e. The van der Waals surface area contributed by atoms with Crippen LogP contribution in [0.1, 0.15) is 38.8 Å². The Hall–Kier alpha value is -1.97. The highest BCUT2D eigenvalue weighted by molar-refractivity contribution is 6.38. The minimum absolute atomic E-state index is 0.337. The lowest BCUT2D eigenvalue weighted by atomic mass is 10.1. The van der Waals surface area contributed by atoms with Gasteiger partial charge in [-0.15, -0.1) is 0 Å². The van der Waals surface area contributed by atoms with Crippen LogP contribution >= 0.6 is 23.2 Å². The van der Waals surface area contributed by atoms with Gasteiger partial charge in [0.25, 0.3) is 0 Å². The van der Waals surface area contributed by atoms with Crippen molar-refractivity contribution in [3.63, 3.8) is 0 Å². The molecule has 0 N–H and O–H groups in total. The molecule has 1 rings (SSSR count). The fraction of sp³-hybridized carbons (Fsp3) is 0.318. The third kappa shape index (κ3) is 7.28. The first kappa shape index (κ1) is 23.1. The molecule has 0 spiro atoms. The van der Waals surface area contributed by atoms with Crippen molar-refractivity contribution in [1.82, 2.24) is 0 Å². The molecular formula is C22H26Cl2O3. The molecule has 0 fully saturated rings. The van der Waals surface area contributed by atoms with Gasteiger partial charge in [-0.3, -0.25) is 0 Å². The monoisotopic (exact) mass is 408 g/mol. The van der Waals surface area contributed by atoms with Crippen LogP contribution in [0.5, 0.6) is 5.75 Å². The van der Waals surface area contributed by atoms with Crippen LogP contribution < -0.4 is 4.74 Å². The summed E-state index contributed by atoms with van der Waals surface area (Å²) < 4.78 is 10.2. The second kappa shape index (κ2) is 11.7. The molecule has 1 aromatic carbocycles. The van der Waals surface area contributed by atoms with Crippen molar-refractivity contribution >= 4 is 35.2 Å². The van der Waals surface area contributed by atoms with Crippen molar-refractivity contribution in [2.45, 2.75) is 34.1 Å². The molecule has 0 heterocycles. The average Bonchev–Trinajstić information content (AvgIpc) is 2.61. The molecule has 0 aliphatic rings. The molecule has 0 unspecified atom stereocenters. The number of esters is 1. The van der Waals surface area contributed by atoms with Crippen LogP contribution in [0.4, 0.5) is 0 Å². The lowest BCUT2D eigenvalue weighted by Gasteiger charge is -2.12. The molecule has 0 aromatic heterocycles. The summed E-state index contributed by atoms with van der Waals surface area (Å²) >= 11 is 12.8. The zero-order chi connectivity index (χ0) is 20.4. The first-order valence-corrected chi connectivity index (χ1v) is 9.52. The van der Waals surface area contributed by atoms with Crippen molar-refractivity contribution in [1.29, 1.82) is 0 Å². The van der Waals surface area contributed by atoms with Crippen molar-refractivity contribution in [2.75, 3.05) is 13.7 Å². The Kier molecular flexibility index (Phi) is 9.98. The van der Waals surface area contributed by atoms with Crippen LogP contribution in [0.15, 0.2) is 47.6 Å². The minimum Gasteiger partial charge on any atom is -0.496 e. The van der Waals surface area contributed by atoms with E-state index in [0.29, 0.717) is 22.4 Å². The number of benzene rings is 1. The Bertz CT molecular complexity index is 787. The molecule has 0 aliphatic carbocycles. The number of ether oxygens (including phenoxy) is 2. The van der Waals surface area contributed by atoms with Gasteiger partial charge in [-0.25, -0.2) is 4.79 Å². The molecular weight excluding hydrogens is 383 g/mol. The van der Waals surface area contributed by atoms with Gasteiger partial charge in [0.2, 0.25) is 0 Å². The van der Waals surface area contributed by atoms with Crippen molar-refractivity contribution in [3.05, 3.63) is 68.8 Å². The van der Waals surface area contributed by atoms with E-state index in [1.54, 1.807) is 20.1 Å². The standard InChI is InChI=1S/C22H26Cl2O3/c1-6-17-20(26-5)14-19(23)18(22(17)24)12-11-15(3)9-8-10-16(4)13-21(25)27-7-2/h8-14H,6-7H2,1-5H3/b10-8+,12-11?,15-9?,16-13+. The molecule has 0 aliphatic heterocycles. The van der Waals surface area contributed by atoms with Crippen LogP contribution in [-0.2, 0) is 16.0 Å². The third-order valence-corrected chi connectivity index (χ3v) is 4.50. The van der Waals surface area contributed by atoms with E-state index in [2.05, 4.69) is 0 Å². The number of allylic oxidation sites excluding steroid dienone is 6. The van der Waals surface area contributed by atoms with Crippen molar-refractivity contribution in [2.24, 2.45) is 0 Å². The largest absolute Gasteiger partial charge is 0.496 e. The Morgan fingerprint density at radius 3 is 2.44 bits per heavy atom. The SMILES string of the molecule is CCOC(=O)/C=C(C)/C=C/C=C(C)C=Cc1c(Cl)cc(OC)c(CC)c1Cl. The number of carbonyl (C=O) groups excluding carboxylic acids is 1. The summed E-state index contributed by atoms with van der Waals surface area (Å²) in [4.78, 5) is 11.4. The van der Waals surface area contributed by atoms with Gasteiger partial charge in [0, 0.05) is 17.2 Å². The van der Waals surface area contributed by atoms with E-state index in [-0.39, 0.29) is 5.97 Å². The summed E-state index contributed by atoms with van der Waals surface area (Å²) in [6, 6.07) is 1.79. The van der Waals surface area contributed by atoms with E-state index < -0.39 is 0 Å². The third-order valence-electron chi connectivity index (χ3n) is 3.75. The number of rotatable bonds is 8. The average molecular weight is 409 g/mol. The van der Waals surface area contributed by atoms with E-state index in [4.69, 9.17) is 32.7 Å². The molecule has 146 valence electrons. The van der Waals surface area contributed by atoms with E-state index in [9.17, 15) is 4.79 Å². The Morgan fingerprint density at radius 2 is 1.85 bits per heavy atom. The van der Waals surface area contributed by atoms with Gasteiger partial charge in [0.1, 0.15) is 5.75 Å². The maximum absolute atomic E-state index is 11.4. The number of methoxy groups -OCH3 is 1. The van der Waals surface area contributed by atoms with Gasteiger partial charge in [-0.1, -0.05) is 66.1 Å². The first-order valence-electron chi connectivity index (χ1n) is 8.76. The van der Waals surface area contributed by atoms with Crippen LogP contribution in [0, 0.1) is 0 Å². The van der Waals surface area contributed by atoms with Gasteiger partial charge in [0.05, 0.1) is 23.8 Å². The molecule has 1 aromatic rings.